The highest BCUT2D eigenvalue weighted by Crippen LogP contribution is 2.29. The topological polar surface area (TPSA) is 61.1 Å². The first-order valence-corrected chi connectivity index (χ1v) is 9.37. The van der Waals surface area contributed by atoms with Gasteiger partial charge in [-0.25, -0.2) is 4.99 Å². The van der Waals surface area contributed by atoms with Gasteiger partial charge in [-0.15, -0.1) is 0 Å². The second kappa shape index (κ2) is 7.39. The lowest BCUT2D eigenvalue weighted by atomic mass is 10.3. The number of carbonyl (C=O) groups is 1. The van der Waals surface area contributed by atoms with Crippen LogP contribution in [0.25, 0.3) is 6.08 Å². The van der Waals surface area contributed by atoms with Crippen LogP contribution in [0.4, 0.5) is 11.6 Å². The van der Waals surface area contributed by atoms with Crippen LogP contribution < -0.4 is 10.2 Å². The number of thioether (sulfide) groups is 1. The number of aliphatic imine (C=N–C) groups is 1. The Morgan fingerprint density at radius 2 is 1.88 bits per heavy atom. The van der Waals surface area contributed by atoms with Crippen LogP contribution in [-0.4, -0.2) is 49.2 Å². The Hall–Kier alpha value is -2.51. The number of anilines is 1. The fraction of sp³-hybridized carbons (Fsp3) is 0.263. The largest absolute Gasteiger partial charge is 0.441 e. The van der Waals surface area contributed by atoms with Crippen molar-refractivity contribution in [1.82, 2.24) is 10.2 Å². The Kier molecular flexibility index (Phi) is 4.81. The van der Waals surface area contributed by atoms with Crippen molar-refractivity contribution in [2.75, 3.05) is 38.1 Å². The lowest BCUT2D eigenvalue weighted by molar-refractivity contribution is -0.115. The van der Waals surface area contributed by atoms with Crippen LogP contribution in [0.15, 0.2) is 56.8 Å². The van der Waals surface area contributed by atoms with Gasteiger partial charge in [0, 0.05) is 38.3 Å². The molecule has 0 spiro atoms. The highest BCUT2D eigenvalue weighted by molar-refractivity contribution is 8.18. The summed E-state index contributed by atoms with van der Waals surface area (Å²) in [5.74, 6) is 1.38. The van der Waals surface area contributed by atoms with Crippen molar-refractivity contribution in [3.05, 3.63) is 53.1 Å². The van der Waals surface area contributed by atoms with Gasteiger partial charge in [0.15, 0.2) is 11.1 Å². The summed E-state index contributed by atoms with van der Waals surface area (Å²) >= 11 is 1.32. The van der Waals surface area contributed by atoms with E-state index >= 15 is 0 Å². The van der Waals surface area contributed by atoms with Gasteiger partial charge in [-0.05, 0) is 37.0 Å². The van der Waals surface area contributed by atoms with Crippen LogP contribution in [0.3, 0.4) is 0 Å². The van der Waals surface area contributed by atoms with Crippen molar-refractivity contribution in [3.8, 4) is 0 Å². The molecule has 0 atom stereocenters. The minimum absolute atomic E-state index is 0.151. The van der Waals surface area contributed by atoms with Gasteiger partial charge in [0.25, 0.3) is 5.91 Å². The summed E-state index contributed by atoms with van der Waals surface area (Å²) in [5, 5.41) is 3.38. The number of rotatable bonds is 3. The molecule has 4 rings (SSSR count). The van der Waals surface area contributed by atoms with E-state index in [1.54, 1.807) is 6.08 Å². The van der Waals surface area contributed by atoms with Gasteiger partial charge in [0.1, 0.15) is 5.76 Å². The molecule has 0 aliphatic carbocycles. The molecule has 3 heterocycles. The van der Waals surface area contributed by atoms with E-state index in [1.807, 2.05) is 42.5 Å². The fourth-order valence-electron chi connectivity index (χ4n) is 2.85. The third kappa shape index (κ3) is 3.84. The smallest absolute Gasteiger partial charge is 0.264 e. The molecular weight excluding hydrogens is 348 g/mol. The number of benzene rings is 1. The van der Waals surface area contributed by atoms with Crippen LogP contribution in [0, 0.1) is 0 Å². The Morgan fingerprint density at radius 1 is 1.12 bits per heavy atom. The van der Waals surface area contributed by atoms with Crippen molar-refractivity contribution >= 4 is 40.5 Å². The van der Waals surface area contributed by atoms with E-state index < -0.39 is 0 Å². The molecule has 1 amide bonds. The number of hydrogen-bond donors (Lipinski definition) is 1. The normalized spacial score (nSPS) is 21.6. The second-order valence-corrected chi connectivity index (χ2v) is 7.31. The first-order valence-electron chi connectivity index (χ1n) is 8.55. The summed E-state index contributed by atoms with van der Waals surface area (Å²) in [7, 11) is 2.12. The number of amidine groups is 1. The van der Waals surface area contributed by atoms with Gasteiger partial charge >= 0.3 is 0 Å². The zero-order valence-electron chi connectivity index (χ0n) is 14.5. The third-order valence-electron chi connectivity index (χ3n) is 4.34. The van der Waals surface area contributed by atoms with E-state index in [0.717, 1.165) is 37.8 Å². The minimum Gasteiger partial charge on any atom is -0.441 e. The highest BCUT2D eigenvalue weighted by atomic mass is 32.2. The van der Waals surface area contributed by atoms with Gasteiger partial charge in [0.05, 0.1) is 10.6 Å². The summed E-state index contributed by atoms with van der Waals surface area (Å²) in [6.07, 6.45) is 1.77. The molecule has 0 bridgehead atoms. The van der Waals surface area contributed by atoms with Gasteiger partial charge in [0.2, 0.25) is 0 Å². The number of furan rings is 1. The molecule has 134 valence electrons. The van der Waals surface area contributed by atoms with Crippen LogP contribution in [0.2, 0.25) is 0 Å². The first kappa shape index (κ1) is 16.9. The Bertz CT molecular complexity index is 851. The van der Waals surface area contributed by atoms with Crippen molar-refractivity contribution in [3.63, 3.8) is 0 Å². The number of hydrogen-bond acceptors (Lipinski definition) is 6. The number of carbonyl (C=O) groups excluding carboxylic acids is 1. The van der Waals surface area contributed by atoms with Crippen molar-refractivity contribution < 1.29 is 9.21 Å². The first-order chi connectivity index (χ1) is 12.7. The van der Waals surface area contributed by atoms with E-state index in [4.69, 9.17) is 4.42 Å². The zero-order valence-corrected chi connectivity index (χ0v) is 15.3. The average Bonchev–Trinajstić information content (AvgIpc) is 3.24. The Balaban J connectivity index is 1.47. The second-order valence-electron chi connectivity index (χ2n) is 6.28. The lowest BCUT2D eigenvalue weighted by Crippen LogP contribution is -2.44. The predicted octanol–water partition coefficient (Wildman–Crippen LogP) is 2.92. The van der Waals surface area contributed by atoms with Crippen LogP contribution in [0.1, 0.15) is 5.76 Å². The van der Waals surface area contributed by atoms with E-state index in [9.17, 15) is 4.79 Å². The Labute approximate surface area is 156 Å². The van der Waals surface area contributed by atoms with Crippen LogP contribution in [0.5, 0.6) is 0 Å². The van der Waals surface area contributed by atoms with E-state index in [1.165, 1.54) is 11.8 Å². The van der Waals surface area contributed by atoms with Crippen molar-refractivity contribution in [2.24, 2.45) is 4.99 Å². The lowest BCUT2D eigenvalue weighted by Gasteiger charge is -2.32. The molecule has 1 aromatic carbocycles. The number of piperazine rings is 1. The van der Waals surface area contributed by atoms with Crippen molar-refractivity contribution in [2.45, 2.75) is 0 Å². The van der Waals surface area contributed by atoms with E-state index in [2.05, 4.69) is 27.2 Å². The van der Waals surface area contributed by atoms with Gasteiger partial charge in [-0.2, -0.15) is 0 Å². The monoisotopic (exact) mass is 368 g/mol. The van der Waals surface area contributed by atoms with Gasteiger partial charge in [-0.1, -0.05) is 18.2 Å². The zero-order chi connectivity index (χ0) is 17.9. The maximum absolute atomic E-state index is 12.2. The molecule has 2 aliphatic rings. The standard InChI is InChI=1S/C19H20N4O2S/c1-22-9-11-23(12-10-22)17-8-7-15(25-17)13-16-18(24)21-19(26-16)20-14-5-3-2-4-6-14/h2-8,13H,9-12H2,1H3,(H,20,21,24)/b16-13-. The molecule has 0 unspecified atom stereocenters. The molecule has 0 saturated carbocycles. The number of likely N-dealkylation sites (N-methyl/N-ethyl adjacent to an activating group) is 1. The molecule has 2 aliphatic heterocycles. The van der Waals surface area contributed by atoms with E-state index in [-0.39, 0.29) is 5.91 Å². The molecule has 6 nitrogen and oxygen atoms in total. The summed E-state index contributed by atoms with van der Waals surface area (Å²) in [5.41, 5.74) is 0.812. The Morgan fingerprint density at radius 3 is 2.65 bits per heavy atom. The number of amides is 1. The molecule has 2 saturated heterocycles. The number of para-hydroxylation sites is 1. The van der Waals surface area contributed by atoms with Gasteiger partial charge in [-0.3, -0.25) is 4.79 Å². The van der Waals surface area contributed by atoms with Gasteiger partial charge < -0.3 is 19.5 Å². The summed E-state index contributed by atoms with van der Waals surface area (Å²) < 4.78 is 5.92. The quantitative estimate of drug-likeness (QED) is 0.844. The molecule has 1 aromatic heterocycles. The van der Waals surface area contributed by atoms with Crippen molar-refractivity contribution in [1.29, 1.82) is 0 Å². The van der Waals surface area contributed by atoms with E-state index in [0.29, 0.717) is 15.8 Å². The number of nitrogens with one attached hydrogen (secondary N) is 1. The number of nitrogens with zero attached hydrogens (tertiary/aromatic N) is 3. The third-order valence-corrected chi connectivity index (χ3v) is 5.25. The molecule has 2 aromatic rings. The maximum Gasteiger partial charge on any atom is 0.264 e. The molecule has 7 heteroatoms. The molecule has 1 N–H and O–H groups in total. The average molecular weight is 368 g/mol. The molecule has 26 heavy (non-hydrogen) atoms. The minimum atomic E-state index is -0.151. The summed E-state index contributed by atoms with van der Waals surface area (Å²) in [4.78, 5) is 21.7. The highest BCUT2D eigenvalue weighted by Gasteiger charge is 2.24. The fourth-order valence-corrected chi connectivity index (χ4v) is 3.67. The molecule has 0 radical (unpaired) electrons. The molecular formula is C19H20N4O2S. The van der Waals surface area contributed by atoms with Crippen LogP contribution >= 0.6 is 11.8 Å². The SMILES string of the molecule is CN1CCN(c2ccc(/C=C3\SC(=Nc4ccccc4)NC3=O)o2)CC1. The molecule has 2 fully saturated rings. The van der Waals surface area contributed by atoms with Crippen LogP contribution in [-0.2, 0) is 4.79 Å². The summed E-state index contributed by atoms with van der Waals surface area (Å²) in [6.45, 7) is 3.94. The summed E-state index contributed by atoms with van der Waals surface area (Å²) in [6, 6.07) is 13.4. The predicted molar refractivity (Wildman–Crippen MR) is 106 cm³/mol. The maximum atomic E-state index is 12.2.